The van der Waals surface area contributed by atoms with Gasteiger partial charge in [0.2, 0.25) is 0 Å². The highest BCUT2D eigenvalue weighted by Crippen LogP contribution is 2.14. The van der Waals surface area contributed by atoms with Gasteiger partial charge in [-0.3, -0.25) is 9.80 Å². The van der Waals surface area contributed by atoms with Gasteiger partial charge in [0.05, 0.1) is 11.9 Å². The lowest BCUT2D eigenvalue weighted by Gasteiger charge is -2.12. The number of hydrogen-bond donors (Lipinski definition) is 1. The van der Waals surface area contributed by atoms with Crippen LogP contribution in [-0.4, -0.2) is 19.2 Å². The predicted octanol–water partition coefficient (Wildman–Crippen LogP) is 4.72. The van der Waals surface area contributed by atoms with E-state index in [2.05, 4.69) is 10.4 Å². The third-order valence-corrected chi connectivity index (χ3v) is 3.97. The Labute approximate surface area is 153 Å². The molecule has 0 aliphatic heterocycles. The Hall–Kier alpha value is -3.40. The van der Waals surface area contributed by atoms with Crippen molar-refractivity contribution in [3.8, 4) is 0 Å². The van der Waals surface area contributed by atoms with Gasteiger partial charge in [-0.2, -0.15) is 5.10 Å². The SMILES string of the molecule is Cc1ccc(C(=O)Nc2cccc(/C=N/N(C)c3ccccc3)c2)cc1. The van der Waals surface area contributed by atoms with Crippen LogP contribution in [0.2, 0.25) is 0 Å². The van der Waals surface area contributed by atoms with E-state index in [0.717, 1.165) is 22.5 Å². The zero-order valence-corrected chi connectivity index (χ0v) is 14.9. The molecule has 0 aliphatic carbocycles. The third-order valence-electron chi connectivity index (χ3n) is 3.97. The average molecular weight is 343 g/mol. The highest BCUT2D eigenvalue weighted by atomic mass is 16.1. The largest absolute Gasteiger partial charge is 0.322 e. The van der Waals surface area contributed by atoms with E-state index in [1.807, 2.05) is 92.8 Å². The van der Waals surface area contributed by atoms with Gasteiger partial charge in [-0.1, -0.05) is 48.0 Å². The molecule has 0 radical (unpaired) electrons. The second-order valence-electron chi connectivity index (χ2n) is 6.05. The summed E-state index contributed by atoms with van der Waals surface area (Å²) in [7, 11) is 1.90. The van der Waals surface area contributed by atoms with Crippen LogP contribution < -0.4 is 10.3 Å². The fraction of sp³-hybridized carbons (Fsp3) is 0.0909. The van der Waals surface area contributed by atoms with Crippen LogP contribution >= 0.6 is 0 Å². The molecule has 0 saturated carbocycles. The first-order chi connectivity index (χ1) is 12.6. The fourth-order valence-corrected chi connectivity index (χ4v) is 2.47. The first kappa shape index (κ1) is 17.4. The molecule has 3 aromatic carbocycles. The van der Waals surface area contributed by atoms with E-state index in [-0.39, 0.29) is 5.91 Å². The number of hydrazone groups is 1. The van der Waals surface area contributed by atoms with Gasteiger partial charge in [-0.05, 0) is 48.9 Å². The number of benzene rings is 3. The first-order valence-corrected chi connectivity index (χ1v) is 8.43. The van der Waals surface area contributed by atoms with Gasteiger partial charge in [0.1, 0.15) is 0 Å². The van der Waals surface area contributed by atoms with Gasteiger partial charge in [0.15, 0.2) is 0 Å². The summed E-state index contributed by atoms with van der Waals surface area (Å²) in [4.78, 5) is 12.3. The number of nitrogens with zero attached hydrogens (tertiary/aromatic N) is 2. The zero-order valence-electron chi connectivity index (χ0n) is 14.9. The van der Waals surface area contributed by atoms with Crippen molar-refractivity contribution < 1.29 is 4.79 Å². The summed E-state index contributed by atoms with van der Waals surface area (Å²) < 4.78 is 0. The Kier molecular flexibility index (Phi) is 5.44. The van der Waals surface area contributed by atoms with Gasteiger partial charge in [-0.15, -0.1) is 0 Å². The van der Waals surface area contributed by atoms with Gasteiger partial charge >= 0.3 is 0 Å². The minimum atomic E-state index is -0.125. The average Bonchev–Trinajstić information content (AvgIpc) is 2.67. The molecule has 1 N–H and O–H groups in total. The van der Waals surface area contributed by atoms with Gasteiger partial charge < -0.3 is 5.32 Å². The molecule has 0 aliphatic rings. The topological polar surface area (TPSA) is 44.7 Å². The molecule has 0 atom stereocenters. The number of rotatable bonds is 5. The summed E-state index contributed by atoms with van der Waals surface area (Å²) in [5.74, 6) is -0.125. The third kappa shape index (κ3) is 4.57. The second-order valence-corrected chi connectivity index (χ2v) is 6.05. The Balaban J connectivity index is 1.69. The van der Waals surface area contributed by atoms with E-state index in [4.69, 9.17) is 0 Å². The van der Waals surface area contributed by atoms with Crippen LogP contribution in [0.15, 0.2) is 84.0 Å². The number of aryl methyl sites for hydroxylation is 1. The summed E-state index contributed by atoms with van der Waals surface area (Å²) in [5, 5.41) is 9.17. The molecule has 0 aromatic heterocycles. The van der Waals surface area contributed by atoms with Gasteiger partial charge in [-0.25, -0.2) is 0 Å². The van der Waals surface area contributed by atoms with Crippen LogP contribution in [-0.2, 0) is 0 Å². The summed E-state index contributed by atoms with van der Waals surface area (Å²) in [6, 6.07) is 25.0. The van der Waals surface area contributed by atoms with Crippen LogP contribution in [0, 0.1) is 6.92 Å². The molecule has 0 bridgehead atoms. The van der Waals surface area contributed by atoms with E-state index >= 15 is 0 Å². The van der Waals surface area contributed by atoms with Crippen molar-refractivity contribution in [2.45, 2.75) is 6.92 Å². The summed E-state index contributed by atoms with van der Waals surface area (Å²) in [6.45, 7) is 2.00. The maximum atomic E-state index is 12.3. The molecule has 1 amide bonds. The van der Waals surface area contributed by atoms with Crippen molar-refractivity contribution in [2.75, 3.05) is 17.4 Å². The Morgan fingerprint density at radius 3 is 2.42 bits per heavy atom. The molecule has 3 rings (SSSR count). The van der Waals surface area contributed by atoms with Crippen LogP contribution in [0.3, 0.4) is 0 Å². The smallest absolute Gasteiger partial charge is 0.255 e. The quantitative estimate of drug-likeness (QED) is 0.538. The second kappa shape index (κ2) is 8.12. The van der Waals surface area contributed by atoms with Crippen LogP contribution in [0.25, 0.3) is 0 Å². The lowest BCUT2D eigenvalue weighted by Crippen LogP contribution is -2.12. The minimum absolute atomic E-state index is 0.125. The highest BCUT2D eigenvalue weighted by molar-refractivity contribution is 6.04. The molecule has 0 unspecified atom stereocenters. The maximum absolute atomic E-state index is 12.3. The van der Waals surface area contributed by atoms with Crippen LogP contribution in [0.4, 0.5) is 11.4 Å². The Bertz CT molecular complexity index is 902. The minimum Gasteiger partial charge on any atom is -0.322 e. The molecule has 4 nitrogen and oxygen atoms in total. The molecule has 0 heterocycles. The van der Waals surface area contributed by atoms with Crippen molar-refractivity contribution in [3.05, 3.63) is 95.6 Å². The maximum Gasteiger partial charge on any atom is 0.255 e. The Morgan fingerprint density at radius 1 is 0.962 bits per heavy atom. The van der Waals surface area contributed by atoms with Gasteiger partial charge in [0, 0.05) is 18.3 Å². The molecule has 0 fully saturated rings. The number of para-hydroxylation sites is 1. The van der Waals surface area contributed by atoms with Crippen molar-refractivity contribution >= 4 is 23.5 Å². The number of nitrogens with one attached hydrogen (secondary N) is 1. The summed E-state index contributed by atoms with van der Waals surface area (Å²) in [6.07, 6.45) is 1.77. The molecule has 26 heavy (non-hydrogen) atoms. The summed E-state index contributed by atoms with van der Waals surface area (Å²) >= 11 is 0. The number of amides is 1. The van der Waals surface area contributed by atoms with Crippen molar-refractivity contribution in [2.24, 2.45) is 5.10 Å². The fourth-order valence-electron chi connectivity index (χ4n) is 2.47. The highest BCUT2D eigenvalue weighted by Gasteiger charge is 2.05. The zero-order chi connectivity index (χ0) is 18.4. The number of carbonyl (C=O) groups is 1. The molecular weight excluding hydrogens is 322 g/mol. The molecular formula is C22H21N3O. The molecule has 130 valence electrons. The molecule has 0 spiro atoms. The molecule has 3 aromatic rings. The van der Waals surface area contributed by atoms with Crippen molar-refractivity contribution in [3.63, 3.8) is 0 Å². The number of carbonyl (C=O) groups excluding carboxylic acids is 1. The van der Waals surface area contributed by atoms with Gasteiger partial charge in [0.25, 0.3) is 5.91 Å². The van der Waals surface area contributed by atoms with E-state index in [1.54, 1.807) is 11.2 Å². The van der Waals surface area contributed by atoms with E-state index in [9.17, 15) is 4.79 Å². The molecule has 4 heteroatoms. The molecule has 0 saturated heterocycles. The van der Waals surface area contributed by atoms with Crippen LogP contribution in [0.1, 0.15) is 21.5 Å². The van der Waals surface area contributed by atoms with Crippen molar-refractivity contribution in [1.82, 2.24) is 0 Å². The summed E-state index contributed by atoms with van der Waals surface area (Å²) in [5.41, 5.74) is 4.42. The first-order valence-electron chi connectivity index (χ1n) is 8.43. The van der Waals surface area contributed by atoms with E-state index < -0.39 is 0 Å². The standard InChI is InChI=1S/C22H21N3O/c1-17-11-13-19(14-12-17)22(26)24-20-8-6-7-18(15-20)16-23-25(2)21-9-4-3-5-10-21/h3-16H,1-2H3,(H,24,26)/b23-16+. The lowest BCUT2D eigenvalue weighted by atomic mass is 10.1. The van der Waals surface area contributed by atoms with Crippen molar-refractivity contribution in [1.29, 1.82) is 0 Å². The number of hydrogen-bond acceptors (Lipinski definition) is 3. The van der Waals surface area contributed by atoms with Crippen LogP contribution in [0.5, 0.6) is 0 Å². The van der Waals surface area contributed by atoms with E-state index in [0.29, 0.717) is 5.56 Å². The van der Waals surface area contributed by atoms with E-state index in [1.165, 1.54) is 0 Å². The number of anilines is 2. The lowest BCUT2D eigenvalue weighted by molar-refractivity contribution is 0.102. The monoisotopic (exact) mass is 343 g/mol. The predicted molar refractivity (Wildman–Crippen MR) is 108 cm³/mol. The Morgan fingerprint density at radius 2 is 1.69 bits per heavy atom. The normalized spacial score (nSPS) is 10.7.